The molecule has 0 radical (unpaired) electrons. The number of pyridine rings is 2. The summed E-state index contributed by atoms with van der Waals surface area (Å²) in [7, 11) is 1.97. The predicted molar refractivity (Wildman–Crippen MR) is 162 cm³/mol. The van der Waals surface area contributed by atoms with Gasteiger partial charge in [0.25, 0.3) is 0 Å². The topological polar surface area (TPSA) is 96.5 Å². The SMILES string of the molecule is CC(C)CCN(C)C(Cc1cccnc1)C(=O)NC(Cc1ccc(OCc2ccccn2)cc1)C(=O)NC(C)(C)C. The molecule has 41 heavy (non-hydrogen) atoms. The minimum Gasteiger partial charge on any atom is -0.487 e. The van der Waals surface area contributed by atoms with Crippen molar-refractivity contribution < 1.29 is 14.3 Å². The standard InChI is InChI=1S/C33H45N5O3/c1-24(2)16-19-38(6)30(21-26-10-9-17-34-22-26)32(40)36-29(31(39)37-33(3,4)5)20-25-12-14-28(15-13-25)41-23-27-11-7-8-18-35-27/h7-15,17-18,22,24,29-30H,16,19-21,23H2,1-6H3,(H,36,40)(H,37,39). The Hall–Kier alpha value is -3.78. The van der Waals surface area contributed by atoms with E-state index in [1.165, 1.54) is 0 Å². The summed E-state index contributed by atoms with van der Waals surface area (Å²) in [5, 5.41) is 6.13. The minimum atomic E-state index is -0.739. The number of hydrogen-bond acceptors (Lipinski definition) is 6. The Morgan fingerprint density at radius 3 is 2.29 bits per heavy atom. The molecule has 0 fully saturated rings. The number of ether oxygens (including phenoxy) is 1. The Balaban J connectivity index is 1.75. The predicted octanol–water partition coefficient (Wildman–Crippen LogP) is 4.59. The van der Waals surface area contributed by atoms with Crippen molar-refractivity contribution in [2.45, 2.75) is 78.1 Å². The molecule has 0 saturated heterocycles. The molecule has 0 spiro atoms. The van der Waals surface area contributed by atoms with E-state index in [2.05, 4.69) is 39.3 Å². The molecule has 2 heterocycles. The van der Waals surface area contributed by atoms with Crippen molar-refractivity contribution in [3.05, 3.63) is 90.0 Å². The van der Waals surface area contributed by atoms with Gasteiger partial charge in [-0.3, -0.25) is 24.5 Å². The van der Waals surface area contributed by atoms with Crippen molar-refractivity contribution in [1.82, 2.24) is 25.5 Å². The molecule has 2 atom stereocenters. The molecule has 3 aromatic rings. The number of carbonyl (C=O) groups excluding carboxylic acids is 2. The van der Waals surface area contributed by atoms with Crippen LogP contribution < -0.4 is 15.4 Å². The summed E-state index contributed by atoms with van der Waals surface area (Å²) in [6, 6.07) is 16.0. The van der Waals surface area contributed by atoms with E-state index in [0.29, 0.717) is 31.1 Å². The van der Waals surface area contributed by atoms with Crippen LogP contribution in [-0.2, 0) is 29.0 Å². The largest absolute Gasteiger partial charge is 0.487 e. The lowest BCUT2D eigenvalue weighted by atomic mass is 10.0. The monoisotopic (exact) mass is 559 g/mol. The van der Waals surface area contributed by atoms with Crippen LogP contribution in [0.15, 0.2) is 73.2 Å². The summed E-state index contributed by atoms with van der Waals surface area (Å²) in [5.41, 5.74) is 2.30. The number of nitrogens with one attached hydrogen (secondary N) is 2. The van der Waals surface area contributed by atoms with Gasteiger partial charge in [-0.2, -0.15) is 0 Å². The highest BCUT2D eigenvalue weighted by atomic mass is 16.5. The van der Waals surface area contributed by atoms with Gasteiger partial charge in [0.2, 0.25) is 11.8 Å². The number of benzene rings is 1. The number of rotatable bonds is 14. The number of likely N-dealkylation sites (N-methyl/N-ethyl adjacent to an activating group) is 1. The molecule has 1 aromatic carbocycles. The maximum Gasteiger partial charge on any atom is 0.243 e. The second kappa shape index (κ2) is 15.3. The van der Waals surface area contributed by atoms with Gasteiger partial charge >= 0.3 is 0 Å². The maximum atomic E-state index is 13.8. The van der Waals surface area contributed by atoms with Gasteiger partial charge in [0, 0.05) is 30.6 Å². The fraction of sp³-hybridized carbons (Fsp3) is 0.455. The van der Waals surface area contributed by atoms with E-state index in [1.807, 2.05) is 82.4 Å². The van der Waals surface area contributed by atoms with Crippen LogP contribution in [-0.4, -0.2) is 57.9 Å². The Labute approximate surface area is 244 Å². The van der Waals surface area contributed by atoms with E-state index in [1.54, 1.807) is 18.6 Å². The molecule has 0 aliphatic rings. The third-order valence-electron chi connectivity index (χ3n) is 6.65. The van der Waals surface area contributed by atoms with E-state index < -0.39 is 17.6 Å². The lowest BCUT2D eigenvalue weighted by Crippen LogP contribution is -2.57. The maximum absolute atomic E-state index is 13.8. The number of carbonyl (C=O) groups is 2. The first kappa shape index (κ1) is 31.7. The summed E-state index contributed by atoms with van der Waals surface area (Å²) < 4.78 is 5.86. The summed E-state index contributed by atoms with van der Waals surface area (Å²) in [6.07, 6.45) is 7.08. The molecule has 0 aliphatic carbocycles. The molecule has 8 heteroatoms. The molecule has 220 valence electrons. The molecular weight excluding hydrogens is 514 g/mol. The third kappa shape index (κ3) is 11.3. The second-order valence-corrected chi connectivity index (χ2v) is 12.0. The van der Waals surface area contributed by atoms with Crippen molar-refractivity contribution in [1.29, 1.82) is 0 Å². The fourth-order valence-corrected chi connectivity index (χ4v) is 4.34. The first-order valence-electron chi connectivity index (χ1n) is 14.3. The van der Waals surface area contributed by atoms with Crippen LogP contribution in [0.5, 0.6) is 5.75 Å². The number of nitrogens with zero attached hydrogens (tertiary/aromatic N) is 3. The Morgan fingerprint density at radius 1 is 0.927 bits per heavy atom. The summed E-state index contributed by atoms with van der Waals surface area (Å²) in [5.74, 6) is 0.832. The summed E-state index contributed by atoms with van der Waals surface area (Å²) in [4.78, 5) is 37.8. The highest BCUT2D eigenvalue weighted by molar-refractivity contribution is 5.90. The van der Waals surface area contributed by atoms with E-state index in [0.717, 1.165) is 29.8 Å². The molecule has 0 aliphatic heterocycles. The van der Waals surface area contributed by atoms with Gasteiger partial charge in [-0.25, -0.2) is 0 Å². The second-order valence-electron chi connectivity index (χ2n) is 12.0. The first-order chi connectivity index (χ1) is 19.5. The van der Waals surface area contributed by atoms with Gasteiger partial charge in [-0.1, -0.05) is 38.1 Å². The van der Waals surface area contributed by atoms with Crippen LogP contribution in [0, 0.1) is 5.92 Å². The molecule has 3 rings (SSSR count). The molecule has 2 amide bonds. The lowest BCUT2D eigenvalue weighted by molar-refractivity contribution is -0.132. The molecular formula is C33H45N5O3. The smallest absolute Gasteiger partial charge is 0.243 e. The normalized spacial score (nSPS) is 13.1. The van der Waals surface area contributed by atoms with Gasteiger partial charge in [-0.15, -0.1) is 0 Å². The van der Waals surface area contributed by atoms with Crippen LogP contribution in [0.25, 0.3) is 0 Å². The van der Waals surface area contributed by atoms with Gasteiger partial charge in [-0.05, 0) is 94.6 Å². The van der Waals surface area contributed by atoms with E-state index in [4.69, 9.17) is 4.74 Å². The average Bonchev–Trinajstić information content (AvgIpc) is 2.94. The van der Waals surface area contributed by atoms with Gasteiger partial charge in [0.15, 0.2) is 0 Å². The zero-order chi connectivity index (χ0) is 29.8. The van der Waals surface area contributed by atoms with Gasteiger partial charge in [0.05, 0.1) is 11.7 Å². The quantitative estimate of drug-likeness (QED) is 0.300. The summed E-state index contributed by atoms with van der Waals surface area (Å²) >= 11 is 0. The number of amides is 2. The Kier molecular flexibility index (Phi) is 11.8. The van der Waals surface area contributed by atoms with Crippen molar-refractivity contribution in [3.8, 4) is 5.75 Å². The van der Waals surface area contributed by atoms with E-state index in [-0.39, 0.29) is 11.8 Å². The molecule has 0 bridgehead atoms. The van der Waals surface area contributed by atoms with Crippen LogP contribution in [0.4, 0.5) is 0 Å². The highest BCUT2D eigenvalue weighted by Gasteiger charge is 2.30. The molecule has 8 nitrogen and oxygen atoms in total. The Bertz CT molecular complexity index is 1210. The summed E-state index contributed by atoms with van der Waals surface area (Å²) in [6.45, 7) is 11.3. The Morgan fingerprint density at radius 2 is 1.68 bits per heavy atom. The fourth-order valence-electron chi connectivity index (χ4n) is 4.34. The number of aromatic nitrogens is 2. The first-order valence-corrected chi connectivity index (χ1v) is 14.3. The molecule has 2 aromatic heterocycles. The van der Waals surface area contributed by atoms with Crippen LogP contribution in [0.1, 0.15) is 57.9 Å². The van der Waals surface area contributed by atoms with Crippen molar-refractivity contribution in [3.63, 3.8) is 0 Å². The molecule has 0 saturated carbocycles. The highest BCUT2D eigenvalue weighted by Crippen LogP contribution is 2.16. The molecule has 2 unspecified atom stereocenters. The van der Waals surface area contributed by atoms with Crippen molar-refractivity contribution >= 4 is 11.8 Å². The van der Waals surface area contributed by atoms with Gasteiger partial charge < -0.3 is 15.4 Å². The minimum absolute atomic E-state index is 0.176. The zero-order valence-electron chi connectivity index (χ0n) is 25.3. The average molecular weight is 560 g/mol. The van der Waals surface area contributed by atoms with Crippen LogP contribution in [0.2, 0.25) is 0 Å². The van der Waals surface area contributed by atoms with Crippen LogP contribution in [0.3, 0.4) is 0 Å². The third-order valence-corrected chi connectivity index (χ3v) is 6.65. The zero-order valence-corrected chi connectivity index (χ0v) is 25.3. The molecule has 2 N–H and O–H groups in total. The van der Waals surface area contributed by atoms with Crippen molar-refractivity contribution in [2.24, 2.45) is 5.92 Å². The number of hydrogen-bond donors (Lipinski definition) is 2. The van der Waals surface area contributed by atoms with E-state index in [9.17, 15) is 9.59 Å². The van der Waals surface area contributed by atoms with Gasteiger partial charge in [0.1, 0.15) is 18.4 Å². The van der Waals surface area contributed by atoms with E-state index >= 15 is 0 Å². The van der Waals surface area contributed by atoms with Crippen LogP contribution >= 0.6 is 0 Å². The van der Waals surface area contributed by atoms with Crippen molar-refractivity contribution in [2.75, 3.05) is 13.6 Å². The lowest BCUT2D eigenvalue weighted by Gasteiger charge is -2.31.